The van der Waals surface area contributed by atoms with Gasteiger partial charge in [-0.25, -0.2) is 0 Å². The van der Waals surface area contributed by atoms with E-state index in [1.54, 1.807) is 0 Å². The summed E-state index contributed by atoms with van der Waals surface area (Å²) < 4.78 is 7.54. The Balaban J connectivity index is 2.18. The minimum absolute atomic E-state index is 0.414. The van der Waals surface area contributed by atoms with Crippen molar-refractivity contribution in [2.45, 2.75) is 12.5 Å². The van der Waals surface area contributed by atoms with Crippen LogP contribution in [0.3, 0.4) is 0 Å². The Morgan fingerprint density at radius 2 is 1.68 bits per heavy atom. The van der Waals surface area contributed by atoms with Crippen LogP contribution in [0.5, 0.6) is 5.75 Å². The number of hydrogen-bond donors (Lipinski definition) is 0. The summed E-state index contributed by atoms with van der Waals surface area (Å²) >= 11 is 18.9. The summed E-state index contributed by atoms with van der Waals surface area (Å²) in [7, 11) is 0. The average molecular weight is 425 g/mol. The van der Waals surface area contributed by atoms with Crippen LogP contribution in [0.4, 0.5) is 0 Å². The molecule has 0 saturated heterocycles. The summed E-state index contributed by atoms with van der Waals surface area (Å²) in [6.07, 6.45) is 0. The van der Waals surface area contributed by atoms with Crippen molar-refractivity contribution < 1.29 is 4.74 Å². The molecule has 0 unspecified atom stereocenters. The van der Waals surface area contributed by atoms with Gasteiger partial charge in [-0.1, -0.05) is 29.8 Å². The Kier molecular flexibility index (Phi) is 5.58. The summed E-state index contributed by atoms with van der Waals surface area (Å²) in [5, 5.41) is 0.701. The van der Waals surface area contributed by atoms with Crippen LogP contribution in [0.1, 0.15) is 11.1 Å². The van der Waals surface area contributed by atoms with Crippen molar-refractivity contribution in [3.05, 3.63) is 61.5 Å². The van der Waals surface area contributed by atoms with Crippen LogP contribution < -0.4 is 4.74 Å². The van der Waals surface area contributed by atoms with Crippen molar-refractivity contribution in [1.82, 2.24) is 0 Å². The minimum atomic E-state index is 0.414. The predicted octanol–water partition coefficient (Wildman–Crippen LogP) is 6.18. The van der Waals surface area contributed by atoms with E-state index >= 15 is 0 Å². The molecule has 0 aromatic heterocycles. The molecule has 0 amide bonds. The smallest absolute Gasteiger partial charge is 0.148 e. The number of ether oxygens (including phenoxy) is 1. The summed E-state index contributed by atoms with van der Waals surface area (Å²) in [4.78, 5) is 0. The second-order valence-electron chi connectivity index (χ2n) is 3.90. The van der Waals surface area contributed by atoms with E-state index in [2.05, 4.69) is 31.9 Å². The van der Waals surface area contributed by atoms with E-state index in [1.807, 2.05) is 36.4 Å². The molecule has 5 heteroatoms. The zero-order valence-corrected chi connectivity index (χ0v) is 14.5. The fourth-order valence-corrected chi connectivity index (χ4v) is 3.45. The molecule has 0 bridgehead atoms. The van der Waals surface area contributed by atoms with E-state index in [4.69, 9.17) is 27.9 Å². The highest BCUT2D eigenvalue weighted by molar-refractivity contribution is 9.11. The number of alkyl halides is 1. The number of halogens is 4. The zero-order chi connectivity index (χ0) is 13.8. The average Bonchev–Trinajstić information content (AvgIpc) is 2.39. The van der Waals surface area contributed by atoms with Gasteiger partial charge in [0.25, 0.3) is 0 Å². The second-order valence-corrected chi connectivity index (χ2v) is 6.29. The van der Waals surface area contributed by atoms with Gasteiger partial charge >= 0.3 is 0 Å². The molecule has 0 fully saturated rings. The van der Waals surface area contributed by atoms with Gasteiger partial charge < -0.3 is 4.74 Å². The first kappa shape index (κ1) is 15.2. The number of rotatable bonds is 4. The first-order chi connectivity index (χ1) is 9.11. The van der Waals surface area contributed by atoms with E-state index in [9.17, 15) is 0 Å². The van der Waals surface area contributed by atoms with Crippen molar-refractivity contribution in [2.75, 3.05) is 0 Å². The monoisotopic (exact) mass is 422 g/mol. The second kappa shape index (κ2) is 6.98. The lowest BCUT2D eigenvalue weighted by Gasteiger charge is -2.12. The van der Waals surface area contributed by atoms with Gasteiger partial charge in [0.05, 0.1) is 8.95 Å². The van der Waals surface area contributed by atoms with Crippen LogP contribution in [0, 0.1) is 0 Å². The molecule has 0 atom stereocenters. The van der Waals surface area contributed by atoms with Crippen molar-refractivity contribution in [1.29, 1.82) is 0 Å². The van der Waals surface area contributed by atoms with Gasteiger partial charge in [0, 0.05) is 16.5 Å². The molecule has 0 aliphatic heterocycles. The van der Waals surface area contributed by atoms with Crippen LogP contribution in [0.15, 0.2) is 45.3 Å². The van der Waals surface area contributed by atoms with Gasteiger partial charge in [0.1, 0.15) is 12.4 Å². The molecular formula is C14H10Br2Cl2O. The number of hydrogen-bond acceptors (Lipinski definition) is 1. The molecule has 19 heavy (non-hydrogen) atoms. The highest BCUT2D eigenvalue weighted by Gasteiger charge is 2.10. The molecule has 2 rings (SSSR count). The summed E-state index contributed by atoms with van der Waals surface area (Å²) in [6, 6.07) is 11.5. The topological polar surface area (TPSA) is 9.23 Å². The normalized spacial score (nSPS) is 10.5. The predicted molar refractivity (Wildman–Crippen MR) is 87.2 cm³/mol. The molecule has 0 radical (unpaired) electrons. The Morgan fingerprint density at radius 1 is 1.05 bits per heavy atom. The van der Waals surface area contributed by atoms with Crippen LogP contribution in [-0.2, 0) is 12.5 Å². The quantitative estimate of drug-likeness (QED) is 0.532. The maximum Gasteiger partial charge on any atom is 0.148 e. The molecule has 0 heterocycles. The van der Waals surface area contributed by atoms with Gasteiger partial charge in [0.15, 0.2) is 0 Å². The third-order valence-electron chi connectivity index (χ3n) is 2.54. The maximum absolute atomic E-state index is 6.10. The zero-order valence-electron chi connectivity index (χ0n) is 9.80. The standard InChI is InChI=1S/C14H10Br2Cl2O/c15-11-5-9(7-17)6-12(16)14(11)19-8-10-3-1-2-4-13(10)18/h1-6H,7-8H2. The van der Waals surface area contributed by atoms with Gasteiger partial charge in [0.2, 0.25) is 0 Å². The van der Waals surface area contributed by atoms with Crippen LogP contribution >= 0.6 is 55.1 Å². The van der Waals surface area contributed by atoms with E-state index < -0.39 is 0 Å². The first-order valence-electron chi connectivity index (χ1n) is 5.52. The minimum Gasteiger partial charge on any atom is -0.486 e. The fourth-order valence-electron chi connectivity index (χ4n) is 1.59. The Bertz CT molecular complexity index is 564. The van der Waals surface area contributed by atoms with E-state index in [0.29, 0.717) is 17.5 Å². The lowest BCUT2D eigenvalue weighted by Crippen LogP contribution is -1.98. The van der Waals surface area contributed by atoms with Crippen molar-refractivity contribution in [2.24, 2.45) is 0 Å². The van der Waals surface area contributed by atoms with Crippen molar-refractivity contribution >= 4 is 55.1 Å². The molecule has 0 spiro atoms. The van der Waals surface area contributed by atoms with Crippen LogP contribution in [0.2, 0.25) is 5.02 Å². The largest absolute Gasteiger partial charge is 0.486 e. The Hall–Kier alpha value is -0.220. The Labute approximate surface area is 139 Å². The van der Waals surface area contributed by atoms with Crippen LogP contribution in [0.25, 0.3) is 0 Å². The molecule has 100 valence electrons. The molecule has 0 N–H and O–H groups in total. The molecule has 1 nitrogen and oxygen atoms in total. The molecule has 0 aliphatic rings. The van der Waals surface area contributed by atoms with E-state index in [0.717, 1.165) is 25.8 Å². The highest BCUT2D eigenvalue weighted by atomic mass is 79.9. The fraction of sp³-hybridized carbons (Fsp3) is 0.143. The van der Waals surface area contributed by atoms with E-state index in [-0.39, 0.29) is 0 Å². The summed E-state index contributed by atoms with van der Waals surface area (Å²) in [5.74, 6) is 1.20. The summed E-state index contributed by atoms with van der Waals surface area (Å²) in [6.45, 7) is 0.414. The lowest BCUT2D eigenvalue weighted by molar-refractivity contribution is 0.302. The van der Waals surface area contributed by atoms with Gasteiger partial charge in [-0.05, 0) is 55.6 Å². The number of benzene rings is 2. The summed E-state index contributed by atoms with van der Waals surface area (Å²) in [5.41, 5.74) is 1.97. The van der Waals surface area contributed by atoms with E-state index in [1.165, 1.54) is 0 Å². The SMILES string of the molecule is ClCc1cc(Br)c(OCc2ccccc2Cl)c(Br)c1. The highest BCUT2D eigenvalue weighted by Crippen LogP contribution is 2.36. The lowest BCUT2D eigenvalue weighted by atomic mass is 10.2. The van der Waals surface area contributed by atoms with Crippen molar-refractivity contribution in [3.8, 4) is 5.75 Å². The van der Waals surface area contributed by atoms with Gasteiger partial charge in [-0.3, -0.25) is 0 Å². The van der Waals surface area contributed by atoms with Crippen LogP contribution in [-0.4, -0.2) is 0 Å². The molecule has 2 aromatic rings. The molecular weight excluding hydrogens is 415 g/mol. The third kappa shape index (κ3) is 3.88. The first-order valence-corrected chi connectivity index (χ1v) is 8.01. The molecule has 0 aliphatic carbocycles. The van der Waals surface area contributed by atoms with Gasteiger partial charge in [-0.15, -0.1) is 11.6 Å². The molecule has 0 saturated carbocycles. The van der Waals surface area contributed by atoms with Gasteiger partial charge in [-0.2, -0.15) is 0 Å². The maximum atomic E-state index is 6.10. The van der Waals surface area contributed by atoms with Crippen molar-refractivity contribution in [3.63, 3.8) is 0 Å². The molecule has 2 aromatic carbocycles. The third-order valence-corrected chi connectivity index (χ3v) is 4.40. The Morgan fingerprint density at radius 3 is 2.26 bits per heavy atom.